The lowest BCUT2D eigenvalue weighted by Gasteiger charge is -2.21. The SMILES string of the molecule is CC[NH+]1CCC[C@H]1CNC(=S)NCc1ccc2c(c1)OCO2. The highest BCUT2D eigenvalue weighted by atomic mass is 32.1. The molecule has 0 saturated carbocycles. The Morgan fingerprint density at radius 2 is 2.18 bits per heavy atom. The van der Waals surface area contributed by atoms with Gasteiger partial charge in [-0.3, -0.25) is 0 Å². The molecule has 0 aliphatic carbocycles. The van der Waals surface area contributed by atoms with Crippen LogP contribution in [0.2, 0.25) is 0 Å². The third-order valence-corrected chi connectivity index (χ3v) is 4.77. The molecule has 1 saturated heterocycles. The number of hydrogen-bond acceptors (Lipinski definition) is 3. The van der Waals surface area contributed by atoms with Crippen LogP contribution in [0.25, 0.3) is 0 Å². The fourth-order valence-electron chi connectivity index (χ4n) is 3.21. The molecular weight excluding hydrogens is 298 g/mol. The van der Waals surface area contributed by atoms with Crippen LogP contribution in [0.3, 0.4) is 0 Å². The molecule has 1 fully saturated rings. The second kappa shape index (κ2) is 7.15. The molecule has 2 aliphatic rings. The number of likely N-dealkylation sites (tertiary alicyclic amines) is 1. The quantitative estimate of drug-likeness (QED) is 0.687. The van der Waals surface area contributed by atoms with Crippen molar-refractivity contribution >= 4 is 17.3 Å². The average molecular weight is 322 g/mol. The molecule has 0 aromatic heterocycles. The first kappa shape index (κ1) is 15.4. The van der Waals surface area contributed by atoms with Gasteiger partial charge in [-0.25, -0.2) is 0 Å². The zero-order chi connectivity index (χ0) is 15.4. The lowest BCUT2D eigenvalue weighted by molar-refractivity contribution is -0.909. The van der Waals surface area contributed by atoms with Crippen LogP contribution >= 0.6 is 12.2 Å². The number of rotatable bonds is 5. The molecule has 6 heteroatoms. The van der Waals surface area contributed by atoms with Crippen molar-refractivity contribution in [3.63, 3.8) is 0 Å². The van der Waals surface area contributed by atoms with Crippen molar-refractivity contribution in [3.05, 3.63) is 23.8 Å². The molecule has 2 heterocycles. The monoisotopic (exact) mass is 322 g/mol. The molecule has 120 valence electrons. The Morgan fingerprint density at radius 1 is 1.32 bits per heavy atom. The number of thiocarbonyl (C=S) groups is 1. The summed E-state index contributed by atoms with van der Waals surface area (Å²) in [5.74, 6) is 1.62. The molecule has 0 amide bonds. The summed E-state index contributed by atoms with van der Waals surface area (Å²) in [5.41, 5.74) is 1.13. The summed E-state index contributed by atoms with van der Waals surface area (Å²) in [7, 11) is 0. The molecule has 0 radical (unpaired) electrons. The van der Waals surface area contributed by atoms with Crippen LogP contribution in [-0.4, -0.2) is 37.6 Å². The number of hydrogen-bond donors (Lipinski definition) is 3. The summed E-state index contributed by atoms with van der Waals surface area (Å²) >= 11 is 5.37. The molecule has 0 bridgehead atoms. The number of ether oxygens (including phenoxy) is 2. The van der Waals surface area contributed by atoms with Crippen molar-refractivity contribution in [2.24, 2.45) is 0 Å². The maximum atomic E-state index is 5.38. The van der Waals surface area contributed by atoms with E-state index in [0.29, 0.717) is 19.4 Å². The van der Waals surface area contributed by atoms with Crippen LogP contribution in [-0.2, 0) is 6.54 Å². The third kappa shape index (κ3) is 3.62. The second-order valence-electron chi connectivity index (χ2n) is 5.85. The Balaban J connectivity index is 1.42. The minimum absolute atomic E-state index is 0.309. The van der Waals surface area contributed by atoms with Gasteiger partial charge in [0.15, 0.2) is 16.6 Å². The summed E-state index contributed by atoms with van der Waals surface area (Å²) in [5, 5.41) is 7.34. The molecule has 22 heavy (non-hydrogen) atoms. The summed E-state index contributed by atoms with van der Waals surface area (Å²) in [4.78, 5) is 1.69. The number of nitrogens with one attached hydrogen (secondary N) is 3. The Morgan fingerprint density at radius 3 is 3.05 bits per heavy atom. The highest BCUT2D eigenvalue weighted by Gasteiger charge is 2.26. The molecule has 3 N–H and O–H groups in total. The molecule has 2 aliphatic heterocycles. The van der Waals surface area contributed by atoms with Gasteiger partial charge in [0.2, 0.25) is 6.79 Å². The first-order valence-electron chi connectivity index (χ1n) is 8.01. The first-order chi connectivity index (χ1) is 10.8. The standard InChI is InChI=1S/C16H23N3O2S/c1-2-19-7-3-4-13(19)10-18-16(22)17-9-12-5-6-14-15(8-12)21-11-20-14/h5-6,8,13H,2-4,7,9-11H2,1H3,(H2,17,18,22)/p+1/t13-/m0/s1. The lowest BCUT2D eigenvalue weighted by Crippen LogP contribution is -3.14. The molecule has 5 nitrogen and oxygen atoms in total. The summed E-state index contributed by atoms with van der Waals surface area (Å²) in [6.07, 6.45) is 2.62. The third-order valence-electron chi connectivity index (χ3n) is 4.48. The topological polar surface area (TPSA) is 47.0 Å². The van der Waals surface area contributed by atoms with Gasteiger partial charge in [0, 0.05) is 19.4 Å². The maximum absolute atomic E-state index is 5.38. The largest absolute Gasteiger partial charge is 0.454 e. The van der Waals surface area contributed by atoms with Crippen LogP contribution < -0.4 is 25.0 Å². The predicted molar refractivity (Wildman–Crippen MR) is 89.4 cm³/mol. The van der Waals surface area contributed by atoms with E-state index in [4.69, 9.17) is 21.7 Å². The van der Waals surface area contributed by atoms with Gasteiger partial charge in [0.25, 0.3) is 0 Å². The number of likely N-dealkylation sites (N-methyl/N-ethyl adjacent to an activating group) is 1. The second-order valence-corrected chi connectivity index (χ2v) is 6.26. The van der Waals surface area contributed by atoms with E-state index in [1.54, 1.807) is 4.90 Å². The molecule has 3 rings (SSSR count). The zero-order valence-corrected chi connectivity index (χ0v) is 13.8. The Bertz CT molecular complexity index is 538. The van der Waals surface area contributed by atoms with Gasteiger partial charge in [-0.2, -0.15) is 0 Å². The number of quaternary nitrogens is 1. The fourth-order valence-corrected chi connectivity index (χ4v) is 3.36. The highest BCUT2D eigenvalue weighted by Crippen LogP contribution is 2.32. The van der Waals surface area contributed by atoms with Crippen molar-refractivity contribution in [3.8, 4) is 11.5 Å². The van der Waals surface area contributed by atoms with E-state index in [-0.39, 0.29) is 0 Å². The molecule has 2 atom stereocenters. The smallest absolute Gasteiger partial charge is 0.231 e. The Hall–Kier alpha value is -1.53. The van der Waals surface area contributed by atoms with Crippen molar-refractivity contribution in [2.45, 2.75) is 32.4 Å². The van der Waals surface area contributed by atoms with Crippen molar-refractivity contribution in [2.75, 3.05) is 26.4 Å². The van der Waals surface area contributed by atoms with Gasteiger partial charge in [0.05, 0.1) is 19.6 Å². The average Bonchev–Trinajstić information content (AvgIpc) is 3.18. The van der Waals surface area contributed by atoms with Crippen molar-refractivity contribution in [1.82, 2.24) is 10.6 Å². The van der Waals surface area contributed by atoms with E-state index in [0.717, 1.165) is 28.7 Å². The van der Waals surface area contributed by atoms with Crippen LogP contribution in [0.15, 0.2) is 18.2 Å². The van der Waals surface area contributed by atoms with Gasteiger partial charge in [0.1, 0.15) is 6.04 Å². The fraction of sp³-hybridized carbons (Fsp3) is 0.562. The maximum Gasteiger partial charge on any atom is 0.231 e. The Labute approximate surface area is 137 Å². The van der Waals surface area contributed by atoms with Gasteiger partial charge >= 0.3 is 0 Å². The Kier molecular flexibility index (Phi) is 5.00. The summed E-state index contributed by atoms with van der Waals surface area (Å²) in [6, 6.07) is 6.66. The van der Waals surface area contributed by atoms with E-state index in [9.17, 15) is 0 Å². The van der Waals surface area contributed by atoms with Crippen LogP contribution in [0.5, 0.6) is 11.5 Å². The van der Waals surface area contributed by atoms with E-state index in [1.165, 1.54) is 25.9 Å². The lowest BCUT2D eigenvalue weighted by atomic mass is 10.2. The molecular formula is C16H24N3O2S+. The van der Waals surface area contributed by atoms with E-state index in [1.807, 2.05) is 18.2 Å². The van der Waals surface area contributed by atoms with E-state index >= 15 is 0 Å². The predicted octanol–water partition coefficient (Wildman–Crippen LogP) is 0.447. The van der Waals surface area contributed by atoms with E-state index in [2.05, 4.69) is 17.6 Å². The molecule has 1 unspecified atom stereocenters. The van der Waals surface area contributed by atoms with Gasteiger partial charge < -0.3 is 25.0 Å². The normalized spacial score (nSPS) is 22.6. The van der Waals surface area contributed by atoms with Gasteiger partial charge in [-0.1, -0.05) is 6.07 Å². The minimum atomic E-state index is 0.309. The summed E-state index contributed by atoms with van der Waals surface area (Å²) < 4.78 is 10.7. The van der Waals surface area contributed by atoms with Gasteiger partial charge in [-0.05, 0) is 36.8 Å². The first-order valence-corrected chi connectivity index (χ1v) is 8.42. The minimum Gasteiger partial charge on any atom is -0.454 e. The van der Waals surface area contributed by atoms with Crippen LogP contribution in [0, 0.1) is 0 Å². The van der Waals surface area contributed by atoms with Crippen LogP contribution in [0.1, 0.15) is 25.3 Å². The molecule has 1 aromatic rings. The van der Waals surface area contributed by atoms with Crippen molar-refractivity contribution < 1.29 is 14.4 Å². The van der Waals surface area contributed by atoms with Crippen molar-refractivity contribution in [1.29, 1.82) is 0 Å². The number of benzene rings is 1. The van der Waals surface area contributed by atoms with Crippen LogP contribution in [0.4, 0.5) is 0 Å². The molecule has 0 spiro atoms. The van der Waals surface area contributed by atoms with E-state index < -0.39 is 0 Å². The van der Waals surface area contributed by atoms with Gasteiger partial charge in [-0.15, -0.1) is 0 Å². The summed E-state index contributed by atoms with van der Waals surface area (Å²) in [6.45, 7) is 6.70. The highest BCUT2D eigenvalue weighted by molar-refractivity contribution is 7.80. The number of fused-ring (bicyclic) bond motifs is 1. The molecule has 1 aromatic carbocycles. The zero-order valence-electron chi connectivity index (χ0n) is 13.0.